The second-order valence-electron chi connectivity index (χ2n) is 5.50. The molecule has 1 amide bonds. The SMILES string of the molecule is CC(O)CC(CNC(=O)c1c(F)cccc1Cl)c1ccccc1. The van der Waals surface area contributed by atoms with Crippen LogP contribution in [0.3, 0.4) is 0 Å². The maximum Gasteiger partial charge on any atom is 0.255 e. The number of amides is 1. The Morgan fingerprint density at radius 3 is 2.52 bits per heavy atom. The maximum atomic E-state index is 13.8. The van der Waals surface area contributed by atoms with Gasteiger partial charge in [-0.05, 0) is 31.0 Å². The van der Waals surface area contributed by atoms with Crippen LogP contribution in [0.4, 0.5) is 4.39 Å². The minimum atomic E-state index is -0.651. The quantitative estimate of drug-likeness (QED) is 0.844. The van der Waals surface area contributed by atoms with Crippen LogP contribution in [0.5, 0.6) is 0 Å². The molecule has 2 unspecified atom stereocenters. The van der Waals surface area contributed by atoms with Crippen molar-refractivity contribution >= 4 is 17.5 Å². The van der Waals surface area contributed by atoms with Crippen molar-refractivity contribution in [3.8, 4) is 0 Å². The van der Waals surface area contributed by atoms with E-state index in [2.05, 4.69) is 5.32 Å². The van der Waals surface area contributed by atoms with Crippen LogP contribution < -0.4 is 5.32 Å². The summed E-state index contributed by atoms with van der Waals surface area (Å²) in [7, 11) is 0. The van der Waals surface area contributed by atoms with E-state index in [4.69, 9.17) is 11.6 Å². The minimum Gasteiger partial charge on any atom is -0.393 e. The van der Waals surface area contributed by atoms with E-state index in [1.807, 2.05) is 30.3 Å². The van der Waals surface area contributed by atoms with Crippen LogP contribution in [0.25, 0.3) is 0 Å². The van der Waals surface area contributed by atoms with Gasteiger partial charge in [-0.1, -0.05) is 48.0 Å². The summed E-state index contributed by atoms with van der Waals surface area (Å²) in [6, 6.07) is 13.7. The third kappa shape index (κ3) is 4.78. The van der Waals surface area contributed by atoms with Crippen molar-refractivity contribution < 1.29 is 14.3 Å². The Morgan fingerprint density at radius 1 is 1.22 bits per heavy atom. The molecule has 0 fully saturated rings. The van der Waals surface area contributed by atoms with Crippen LogP contribution in [0.1, 0.15) is 35.2 Å². The van der Waals surface area contributed by atoms with Crippen molar-refractivity contribution in [3.63, 3.8) is 0 Å². The molecule has 0 saturated heterocycles. The summed E-state index contributed by atoms with van der Waals surface area (Å²) in [5.41, 5.74) is 0.853. The van der Waals surface area contributed by atoms with Gasteiger partial charge in [-0.2, -0.15) is 0 Å². The first-order valence-corrected chi connectivity index (χ1v) is 7.82. The number of benzene rings is 2. The summed E-state index contributed by atoms with van der Waals surface area (Å²) in [6.07, 6.45) is -0.0101. The number of carbonyl (C=O) groups excluding carboxylic acids is 1. The lowest BCUT2D eigenvalue weighted by atomic mass is 9.93. The van der Waals surface area contributed by atoms with Gasteiger partial charge in [0.15, 0.2) is 0 Å². The monoisotopic (exact) mass is 335 g/mol. The zero-order valence-electron chi connectivity index (χ0n) is 12.8. The van der Waals surface area contributed by atoms with E-state index in [0.29, 0.717) is 13.0 Å². The van der Waals surface area contributed by atoms with Crippen LogP contribution in [0.15, 0.2) is 48.5 Å². The molecule has 2 atom stereocenters. The Kier molecular flexibility index (Phi) is 6.13. The summed E-state index contributed by atoms with van der Waals surface area (Å²) in [5, 5.41) is 12.4. The van der Waals surface area contributed by atoms with E-state index in [1.165, 1.54) is 18.2 Å². The fourth-order valence-corrected chi connectivity index (χ4v) is 2.74. The largest absolute Gasteiger partial charge is 0.393 e. The normalized spacial score (nSPS) is 13.4. The number of rotatable bonds is 6. The van der Waals surface area contributed by atoms with Gasteiger partial charge in [0.25, 0.3) is 5.91 Å². The van der Waals surface area contributed by atoms with Crippen LogP contribution in [-0.2, 0) is 0 Å². The van der Waals surface area contributed by atoms with Crippen molar-refractivity contribution in [1.29, 1.82) is 0 Å². The Morgan fingerprint density at radius 2 is 1.91 bits per heavy atom. The molecule has 0 aromatic heterocycles. The van der Waals surface area contributed by atoms with Gasteiger partial charge in [0, 0.05) is 12.5 Å². The highest BCUT2D eigenvalue weighted by molar-refractivity contribution is 6.33. The fourth-order valence-electron chi connectivity index (χ4n) is 2.49. The molecule has 0 aliphatic rings. The summed E-state index contributed by atoms with van der Waals surface area (Å²) >= 11 is 5.90. The standard InChI is InChI=1S/C18H19ClFNO2/c1-12(22)10-14(13-6-3-2-4-7-13)11-21-18(23)17-15(19)8-5-9-16(17)20/h2-9,12,14,22H,10-11H2,1H3,(H,21,23). The Bertz CT molecular complexity index is 641. The maximum absolute atomic E-state index is 13.8. The van der Waals surface area contributed by atoms with Gasteiger partial charge in [-0.25, -0.2) is 4.39 Å². The first kappa shape index (κ1) is 17.4. The first-order chi connectivity index (χ1) is 11.0. The summed E-state index contributed by atoms with van der Waals surface area (Å²) in [5.74, 6) is -1.27. The number of halogens is 2. The second-order valence-corrected chi connectivity index (χ2v) is 5.91. The van der Waals surface area contributed by atoms with Crippen molar-refractivity contribution in [2.45, 2.75) is 25.4 Å². The molecule has 0 aliphatic heterocycles. The summed E-state index contributed by atoms with van der Waals surface area (Å²) in [4.78, 5) is 12.2. The van der Waals surface area contributed by atoms with Gasteiger partial charge in [-0.3, -0.25) is 4.79 Å². The Balaban J connectivity index is 2.11. The van der Waals surface area contributed by atoms with Crippen molar-refractivity contribution in [2.24, 2.45) is 0 Å². The molecule has 0 heterocycles. The van der Waals surface area contributed by atoms with Crippen LogP contribution in [0, 0.1) is 5.82 Å². The number of hydrogen-bond donors (Lipinski definition) is 2. The topological polar surface area (TPSA) is 49.3 Å². The average molecular weight is 336 g/mol. The fraction of sp³-hybridized carbons (Fsp3) is 0.278. The zero-order valence-corrected chi connectivity index (χ0v) is 13.6. The predicted molar refractivity (Wildman–Crippen MR) is 89.2 cm³/mol. The van der Waals surface area contributed by atoms with E-state index >= 15 is 0 Å². The molecule has 0 aliphatic carbocycles. The lowest BCUT2D eigenvalue weighted by molar-refractivity contribution is 0.0941. The van der Waals surface area contributed by atoms with Crippen molar-refractivity contribution in [1.82, 2.24) is 5.32 Å². The van der Waals surface area contributed by atoms with E-state index in [0.717, 1.165) is 5.56 Å². The molecule has 23 heavy (non-hydrogen) atoms. The number of nitrogens with one attached hydrogen (secondary N) is 1. The molecule has 0 saturated carbocycles. The third-order valence-corrected chi connectivity index (χ3v) is 3.91. The number of aliphatic hydroxyl groups excluding tert-OH is 1. The van der Waals surface area contributed by atoms with Gasteiger partial charge in [0.05, 0.1) is 16.7 Å². The van der Waals surface area contributed by atoms with E-state index in [1.54, 1.807) is 6.92 Å². The van der Waals surface area contributed by atoms with Gasteiger partial charge in [-0.15, -0.1) is 0 Å². The van der Waals surface area contributed by atoms with Gasteiger partial charge >= 0.3 is 0 Å². The second kappa shape index (κ2) is 8.09. The lowest BCUT2D eigenvalue weighted by Gasteiger charge is -2.20. The molecule has 2 rings (SSSR count). The van der Waals surface area contributed by atoms with E-state index < -0.39 is 17.8 Å². The van der Waals surface area contributed by atoms with E-state index in [-0.39, 0.29) is 16.5 Å². The average Bonchev–Trinajstić information content (AvgIpc) is 2.51. The molecule has 5 heteroatoms. The molecule has 2 aromatic carbocycles. The predicted octanol–water partition coefficient (Wildman–Crippen LogP) is 3.76. The highest BCUT2D eigenvalue weighted by Crippen LogP contribution is 2.22. The number of hydrogen-bond acceptors (Lipinski definition) is 2. The van der Waals surface area contributed by atoms with Gasteiger partial charge in [0.1, 0.15) is 5.82 Å². The highest BCUT2D eigenvalue weighted by Gasteiger charge is 2.19. The highest BCUT2D eigenvalue weighted by atomic mass is 35.5. The van der Waals surface area contributed by atoms with Crippen molar-refractivity contribution in [2.75, 3.05) is 6.54 Å². The van der Waals surface area contributed by atoms with Crippen molar-refractivity contribution in [3.05, 3.63) is 70.5 Å². The molecule has 0 bridgehead atoms. The molecule has 122 valence electrons. The Hall–Kier alpha value is -1.91. The molecular weight excluding hydrogens is 317 g/mol. The Labute approximate surface area is 140 Å². The number of carbonyl (C=O) groups is 1. The summed E-state index contributed by atoms with van der Waals surface area (Å²) < 4.78 is 13.8. The molecule has 3 nitrogen and oxygen atoms in total. The van der Waals surface area contributed by atoms with Gasteiger partial charge in [0.2, 0.25) is 0 Å². The zero-order chi connectivity index (χ0) is 16.8. The molecule has 0 radical (unpaired) electrons. The third-order valence-electron chi connectivity index (χ3n) is 3.60. The van der Waals surface area contributed by atoms with E-state index in [9.17, 15) is 14.3 Å². The number of aliphatic hydroxyl groups is 1. The first-order valence-electron chi connectivity index (χ1n) is 7.44. The molecule has 0 spiro atoms. The van der Waals surface area contributed by atoms with Crippen LogP contribution >= 0.6 is 11.6 Å². The lowest BCUT2D eigenvalue weighted by Crippen LogP contribution is -2.30. The smallest absolute Gasteiger partial charge is 0.255 e. The van der Waals surface area contributed by atoms with Gasteiger partial charge < -0.3 is 10.4 Å². The molecule has 2 N–H and O–H groups in total. The summed E-state index contributed by atoms with van der Waals surface area (Å²) in [6.45, 7) is 1.99. The minimum absolute atomic E-state index is 0.0642. The van der Waals surface area contributed by atoms with Crippen LogP contribution in [-0.4, -0.2) is 23.7 Å². The van der Waals surface area contributed by atoms with Crippen LogP contribution in [0.2, 0.25) is 5.02 Å². The molecular formula is C18H19ClFNO2. The molecule has 2 aromatic rings.